The normalized spacial score (nSPS) is 21.2. The van der Waals surface area contributed by atoms with E-state index in [9.17, 15) is 18.0 Å². The van der Waals surface area contributed by atoms with Crippen LogP contribution in [0.5, 0.6) is 5.75 Å². The first-order chi connectivity index (χ1) is 13.8. The molecule has 0 aromatic heterocycles. The Morgan fingerprint density at radius 1 is 1.21 bits per heavy atom. The van der Waals surface area contributed by atoms with E-state index >= 15 is 0 Å². The van der Waals surface area contributed by atoms with Gasteiger partial charge in [-0.25, -0.2) is 8.42 Å². The van der Waals surface area contributed by atoms with E-state index < -0.39 is 9.84 Å². The minimum absolute atomic E-state index is 0.0531. The van der Waals surface area contributed by atoms with E-state index in [1.165, 1.54) is 12.8 Å². The average molecular weight is 420 g/mol. The van der Waals surface area contributed by atoms with Gasteiger partial charge in [-0.05, 0) is 55.2 Å². The van der Waals surface area contributed by atoms with Gasteiger partial charge in [0.05, 0.1) is 18.1 Å². The number of ether oxygens (including phenoxy) is 1. The largest absolute Gasteiger partial charge is 0.493 e. The second-order valence-electron chi connectivity index (χ2n) is 8.16. The number of rotatable bonds is 10. The lowest BCUT2D eigenvalue weighted by atomic mass is 9.95. The summed E-state index contributed by atoms with van der Waals surface area (Å²) < 4.78 is 30.7. The maximum Gasteiger partial charge on any atom is 0.229 e. The molecule has 1 N–H and O–H groups in total. The smallest absolute Gasteiger partial charge is 0.229 e. The minimum atomic E-state index is -3.27. The predicted octanol–water partition coefficient (Wildman–Crippen LogP) is 2.99. The Labute approximate surface area is 172 Å². The number of allylic oxidation sites excluding steroid dienone is 1. The molecular weight excluding hydrogens is 390 g/mol. The van der Waals surface area contributed by atoms with Crippen LogP contribution in [0, 0.1) is 11.8 Å². The summed E-state index contributed by atoms with van der Waals surface area (Å²) in [5, 5.41) is 2.31. The van der Waals surface area contributed by atoms with E-state index in [1.54, 1.807) is 12.2 Å². The Bertz CT molecular complexity index is 873. The summed E-state index contributed by atoms with van der Waals surface area (Å²) in [6.45, 7) is 2.64. The summed E-state index contributed by atoms with van der Waals surface area (Å²) in [7, 11) is -3.27. The van der Waals surface area contributed by atoms with Crippen molar-refractivity contribution in [3.05, 3.63) is 42.0 Å². The van der Waals surface area contributed by atoms with E-state index in [4.69, 9.17) is 4.74 Å². The minimum Gasteiger partial charge on any atom is -0.493 e. The summed E-state index contributed by atoms with van der Waals surface area (Å²) in [6.07, 6.45) is 7.10. The molecule has 7 heteroatoms. The van der Waals surface area contributed by atoms with E-state index in [-0.39, 0.29) is 35.2 Å². The lowest BCUT2D eigenvalue weighted by molar-refractivity contribution is -0.136. The Hall–Kier alpha value is -2.15. The highest BCUT2D eigenvalue weighted by Crippen LogP contribution is 2.30. The molecule has 158 valence electrons. The number of carbonyl (C=O) groups is 2. The van der Waals surface area contributed by atoms with Gasteiger partial charge in [0.15, 0.2) is 9.84 Å². The quantitative estimate of drug-likeness (QED) is 0.465. The number of hydrogen-bond acceptors (Lipinski definition) is 5. The standard InChI is InChI=1S/C22H29NO5S/c1-16(19-6-4-7-20(13-19)28-14-17-8-9-17)15-29(26,27)12-3-2-5-18-10-11-21(24)23-22(18)25/h2-4,6-7,13,16-18H,5,8-12,14-15H2,1H3,(H,23,24,25)/b3-2+/t16-,18?/m0/s1. The van der Waals surface area contributed by atoms with Gasteiger partial charge in [-0.2, -0.15) is 0 Å². The van der Waals surface area contributed by atoms with Crippen LogP contribution < -0.4 is 10.1 Å². The van der Waals surface area contributed by atoms with Gasteiger partial charge in [-0.3, -0.25) is 14.9 Å². The molecule has 3 rings (SSSR count). The molecule has 1 saturated heterocycles. The van der Waals surface area contributed by atoms with E-state index in [2.05, 4.69) is 5.32 Å². The fraction of sp³-hybridized carbons (Fsp3) is 0.545. The first-order valence-electron chi connectivity index (χ1n) is 10.2. The van der Waals surface area contributed by atoms with Crippen molar-refractivity contribution in [2.45, 2.75) is 44.9 Å². The van der Waals surface area contributed by atoms with Crippen molar-refractivity contribution in [3.63, 3.8) is 0 Å². The molecule has 29 heavy (non-hydrogen) atoms. The Morgan fingerprint density at radius 3 is 2.72 bits per heavy atom. The van der Waals surface area contributed by atoms with Crippen LogP contribution in [-0.4, -0.2) is 38.3 Å². The summed E-state index contributed by atoms with van der Waals surface area (Å²) in [5.41, 5.74) is 0.953. The van der Waals surface area contributed by atoms with E-state index in [0.717, 1.165) is 17.9 Å². The molecule has 0 radical (unpaired) electrons. The first kappa shape index (κ1) is 21.6. The van der Waals surface area contributed by atoms with Gasteiger partial charge in [-0.1, -0.05) is 31.2 Å². The molecule has 2 fully saturated rings. The SMILES string of the molecule is C[C@@H](CS(=O)(=O)C/C=C/CC1CCC(=O)NC1=O)c1cccc(OCC2CC2)c1. The molecule has 1 aliphatic carbocycles. The summed E-state index contributed by atoms with van der Waals surface area (Å²) in [4.78, 5) is 22.9. The van der Waals surface area contributed by atoms with E-state index in [0.29, 0.717) is 25.2 Å². The van der Waals surface area contributed by atoms with Crippen molar-refractivity contribution in [2.75, 3.05) is 18.1 Å². The van der Waals surface area contributed by atoms with Crippen LogP contribution in [0.2, 0.25) is 0 Å². The highest BCUT2D eigenvalue weighted by atomic mass is 32.2. The molecule has 2 atom stereocenters. The van der Waals surface area contributed by atoms with Crippen LogP contribution in [0.1, 0.15) is 50.5 Å². The molecular formula is C22H29NO5S. The molecule has 2 aliphatic rings. The highest BCUT2D eigenvalue weighted by Gasteiger charge is 2.25. The van der Waals surface area contributed by atoms with Crippen molar-refractivity contribution >= 4 is 21.7 Å². The van der Waals surface area contributed by atoms with Crippen LogP contribution in [-0.2, 0) is 19.4 Å². The topological polar surface area (TPSA) is 89.5 Å². The zero-order valence-corrected chi connectivity index (χ0v) is 17.6. The maximum atomic E-state index is 12.5. The molecule has 1 aliphatic heterocycles. The van der Waals surface area contributed by atoms with Gasteiger partial charge in [0.25, 0.3) is 0 Å². The Balaban J connectivity index is 1.47. The van der Waals surface area contributed by atoms with Gasteiger partial charge < -0.3 is 4.74 Å². The molecule has 1 unspecified atom stereocenters. The maximum absolute atomic E-state index is 12.5. The third-order valence-electron chi connectivity index (χ3n) is 5.40. The van der Waals surface area contributed by atoms with Crippen LogP contribution in [0.25, 0.3) is 0 Å². The Morgan fingerprint density at radius 2 is 2.00 bits per heavy atom. The molecule has 1 heterocycles. The van der Waals surface area contributed by atoms with Crippen molar-refractivity contribution in [2.24, 2.45) is 11.8 Å². The zero-order chi connectivity index (χ0) is 20.9. The van der Waals surface area contributed by atoms with E-state index in [1.807, 2.05) is 31.2 Å². The van der Waals surface area contributed by atoms with Gasteiger partial charge >= 0.3 is 0 Å². The van der Waals surface area contributed by atoms with Gasteiger partial charge in [-0.15, -0.1) is 0 Å². The second-order valence-corrected chi connectivity index (χ2v) is 10.3. The first-order valence-corrected chi connectivity index (χ1v) is 12.1. The predicted molar refractivity (Wildman–Crippen MR) is 111 cm³/mol. The zero-order valence-electron chi connectivity index (χ0n) is 16.8. The van der Waals surface area contributed by atoms with Gasteiger partial charge in [0.1, 0.15) is 5.75 Å². The van der Waals surface area contributed by atoms with Crippen molar-refractivity contribution in [1.29, 1.82) is 0 Å². The van der Waals surface area contributed by atoms with Gasteiger partial charge in [0.2, 0.25) is 11.8 Å². The third-order valence-corrected chi connectivity index (χ3v) is 7.11. The number of amides is 2. The number of imide groups is 1. The second kappa shape index (κ2) is 9.57. The Kier molecular flexibility index (Phi) is 7.11. The van der Waals surface area contributed by atoms with Crippen LogP contribution in [0.3, 0.4) is 0 Å². The molecule has 1 saturated carbocycles. The average Bonchev–Trinajstić information content (AvgIpc) is 3.49. The number of nitrogens with one attached hydrogen (secondary N) is 1. The van der Waals surface area contributed by atoms with Crippen LogP contribution in [0.15, 0.2) is 36.4 Å². The summed E-state index contributed by atoms with van der Waals surface area (Å²) in [5.74, 6) is 0.563. The highest BCUT2D eigenvalue weighted by molar-refractivity contribution is 7.91. The molecule has 1 aromatic rings. The lowest BCUT2D eigenvalue weighted by Gasteiger charge is -2.19. The summed E-state index contributed by atoms with van der Waals surface area (Å²) in [6, 6.07) is 7.68. The molecule has 2 amide bonds. The molecule has 1 aromatic carbocycles. The van der Waals surface area contributed by atoms with Crippen molar-refractivity contribution in [3.8, 4) is 5.75 Å². The number of sulfone groups is 1. The molecule has 0 bridgehead atoms. The van der Waals surface area contributed by atoms with Crippen molar-refractivity contribution < 1.29 is 22.7 Å². The number of hydrogen-bond donors (Lipinski definition) is 1. The van der Waals surface area contributed by atoms with Gasteiger partial charge in [0, 0.05) is 12.3 Å². The van der Waals surface area contributed by atoms with Crippen LogP contribution >= 0.6 is 0 Å². The van der Waals surface area contributed by atoms with Crippen molar-refractivity contribution in [1.82, 2.24) is 5.32 Å². The number of piperidine rings is 1. The molecule has 6 nitrogen and oxygen atoms in total. The monoisotopic (exact) mass is 419 g/mol. The molecule has 0 spiro atoms. The third kappa shape index (κ3) is 6.99. The lowest BCUT2D eigenvalue weighted by Crippen LogP contribution is -2.40. The number of benzene rings is 1. The fourth-order valence-electron chi connectivity index (χ4n) is 3.39. The fourth-order valence-corrected chi connectivity index (χ4v) is 4.91. The van der Waals surface area contributed by atoms with Crippen LogP contribution in [0.4, 0.5) is 0 Å². The number of carbonyl (C=O) groups excluding carboxylic acids is 2. The summed E-state index contributed by atoms with van der Waals surface area (Å²) >= 11 is 0.